The van der Waals surface area contributed by atoms with Gasteiger partial charge in [0.1, 0.15) is 11.5 Å². The van der Waals surface area contributed by atoms with E-state index in [1.807, 2.05) is 31.2 Å². The van der Waals surface area contributed by atoms with Crippen molar-refractivity contribution in [3.63, 3.8) is 0 Å². The van der Waals surface area contributed by atoms with Gasteiger partial charge in [-0.1, -0.05) is 82.7 Å². The van der Waals surface area contributed by atoms with Crippen LogP contribution in [-0.4, -0.2) is 24.2 Å². The summed E-state index contributed by atoms with van der Waals surface area (Å²) >= 11 is 0. The minimum Gasteiger partial charge on any atom is -0.508 e. The highest BCUT2D eigenvalue weighted by molar-refractivity contribution is 5.72. The molecule has 2 aromatic carbocycles. The first kappa shape index (κ1) is 42.3. The van der Waals surface area contributed by atoms with Crippen LogP contribution >= 0.6 is 0 Å². The largest absolute Gasteiger partial charge is 0.508 e. The molecule has 0 aliphatic heterocycles. The van der Waals surface area contributed by atoms with E-state index >= 15 is 0 Å². The maximum absolute atomic E-state index is 12.0. The molecule has 0 aliphatic rings. The fourth-order valence-corrected chi connectivity index (χ4v) is 3.69. The van der Waals surface area contributed by atoms with Gasteiger partial charge in [0.25, 0.3) is 0 Å². The third kappa shape index (κ3) is 13.0. The lowest BCUT2D eigenvalue weighted by molar-refractivity contribution is -0.145. The standard InChI is InChI=1S/C24H30O5.6CH4/c1-5-18(19-6-10-22(26)11-7-19)15-21(14-16(2)24(27)28-4)20-8-12-23(13-9-20)29-17(3)25;;;;;;/h6-13,16,18,21,26H,5,14-15H2,1-4H3;6*1H4. The van der Waals surface area contributed by atoms with Crippen molar-refractivity contribution in [2.75, 3.05) is 7.11 Å². The summed E-state index contributed by atoms with van der Waals surface area (Å²) in [6.45, 7) is 5.40. The molecule has 5 nitrogen and oxygen atoms in total. The minimum atomic E-state index is -0.355. The highest BCUT2D eigenvalue weighted by Gasteiger charge is 2.24. The van der Waals surface area contributed by atoms with E-state index in [4.69, 9.17) is 9.47 Å². The number of aromatic hydroxyl groups is 1. The van der Waals surface area contributed by atoms with Crippen molar-refractivity contribution < 1.29 is 24.2 Å². The smallest absolute Gasteiger partial charge is 0.308 e. The number of hydrogen-bond acceptors (Lipinski definition) is 5. The fraction of sp³-hybridized carbons (Fsp3) is 0.533. The molecule has 2 rings (SSSR count). The van der Waals surface area contributed by atoms with E-state index in [0.29, 0.717) is 18.1 Å². The van der Waals surface area contributed by atoms with E-state index in [2.05, 4.69) is 6.92 Å². The number of hydrogen-bond donors (Lipinski definition) is 1. The number of carbonyl (C=O) groups is 2. The van der Waals surface area contributed by atoms with E-state index in [1.54, 1.807) is 24.3 Å². The van der Waals surface area contributed by atoms with Crippen molar-refractivity contribution in [3.05, 3.63) is 59.7 Å². The zero-order valence-electron chi connectivity index (χ0n) is 17.6. The van der Waals surface area contributed by atoms with Gasteiger partial charge in [0.2, 0.25) is 0 Å². The molecule has 0 fully saturated rings. The van der Waals surface area contributed by atoms with E-state index < -0.39 is 0 Å². The summed E-state index contributed by atoms with van der Waals surface area (Å²) in [6, 6.07) is 14.8. The number of benzene rings is 2. The lowest BCUT2D eigenvalue weighted by Crippen LogP contribution is -2.17. The van der Waals surface area contributed by atoms with Crippen molar-refractivity contribution in [1.29, 1.82) is 0 Å². The van der Waals surface area contributed by atoms with E-state index in [9.17, 15) is 14.7 Å². The van der Waals surface area contributed by atoms with Crippen molar-refractivity contribution in [1.82, 2.24) is 0 Å². The third-order valence-corrected chi connectivity index (χ3v) is 5.28. The zero-order valence-corrected chi connectivity index (χ0v) is 17.6. The van der Waals surface area contributed by atoms with Crippen LogP contribution in [0.2, 0.25) is 0 Å². The normalized spacial score (nSPS) is 11.5. The Morgan fingerprint density at radius 3 is 1.69 bits per heavy atom. The predicted molar refractivity (Wildman–Crippen MR) is 152 cm³/mol. The molecule has 1 N–H and O–H groups in total. The van der Waals surface area contributed by atoms with E-state index in [-0.39, 0.29) is 74.1 Å². The van der Waals surface area contributed by atoms with Gasteiger partial charge in [-0.15, -0.1) is 0 Å². The number of rotatable bonds is 9. The van der Waals surface area contributed by atoms with Crippen LogP contribution in [0, 0.1) is 5.92 Å². The second-order valence-corrected chi connectivity index (χ2v) is 7.45. The van der Waals surface area contributed by atoms with Gasteiger partial charge in [0, 0.05) is 6.92 Å². The molecule has 3 unspecified atom stereocenters. The van der Waals surface area contributed by atoms with E-state index in [1.165, 1.54) is 14.0 Å². The van der Waals surface area contributed by atoms with Gasteiger partial charge in [0.05, 0.1) is 13.0 Å². The molecular weight excluding hydrogens is 440 g/mol. The van der Waals surface area contributed by atoms with Crippen LogP contribution in [0.15, 0.2) is 48.5 Å². The van der Waals surface area contributed by atoms with Crippen molar-refractivity contribution in [2.45, 2.75) is 96.4 Å². The molecule has 0 spiro atoms. The summed E-state index contributed by atoms with van der Waals surface area (Å²) in [5.41, 5.74) is 2.26. The first-order valence-corrected chi connectivity index (χ1v) is 9.99. The lowest BCUT2D eigenvalue weighted by atomic mass is 9.79. The zero-order chi connectivity index (χ0) is 21.4. The molecule has 0 saturated carbocycles. The highest BCUT2D eigenvalue weighted by atomic mass is 16.5. The molecule has 2 aromatic rings. The topological polar surface area (TPSA) is 72.8 Å². The monoisotopic (exact) mass is 494 g/mol. The van der Waals surface area contributed by atoms with Crippen LogP contribution < -0.4 is 4.74 Å². The fourth-order valence-electron chi connectivity index (χ4n) is 3.69. The summed E-state index contributed by atoms with van der Waals surface area (Å²) in [7, 11) is 1.41. The molecule has 3 atom stereocenters. The van der Waals surface area contributed by atoms with Crippen molar-refractivity contribution in [3.8, 4) is 11.5 Å². The minimum absolute atomic E-state index is 0. The molecule has 0 radical (unpaired) electrons. The quantitative estimate of drug-likeness (QED) is 0.278. The summed E-state index contributed by atoms with van der Waals surface area (Å²) < 4.78 is 10.0. The number of ether oxygens (including phenoxy) is 2. The molecule has 0 amide bonds. The Morgan fingerprint density at radius 1 is 0.800 bits per heavy atom. The van der Waals surface area contributed by atoms with Gasteiger partial charge in [0.15, 0.2) is 0 Å². The average Bonchev–Trinajstić information content (AvgIpc) is 2.71. The molecule has 0 saturated heterocycles. The Hall–Kier alpha value is -2.82. The SMILES string of the molecule is C.C.C.C.C.C.CCC(CC(CC(C)C(=O)OC)c1ccc(OC(C)=O)cc1)c1ccc(O)cc1. The number of phenols is 1. The molecule has 204 valence electrons. The van der Waals surface area contributed by atoms with Gasteiger partial charge in [-0.2, -0.15) is 0 Å². The Balaban J connectivity index is -0.000000500. The number of esters is 2. The Bertz CT molecular complexity index is 797. The van der Waals surface area contributed by atoms with Crippen molar-refractivity contribution in [2.24, 2.45) is 5.92 Å². The maximum Gasteiger partial charge on any atom is 0.308 e. The summed E-state index contributed by atoms with van der Waals surface area (Å²) in [5.74, 6) is 0.381. The summed E-state index contributed by atoms with van der Waals surface area (Å²) in [4.78, 5) is 23.2. The molecule has 35 heavy (non-hydrogen) atoms. The summed E-state index contributed by atoms with van der Waals surface area (Å²) in [5, 5.41) is 9.58. The molecular formula is C30H54O5. The molecule has 0 aromatic heterocycles. The van der Waals surface area contributed by atoms with Crippen LogP contribution in [0.3, 0.4) is 0 Å². The Labute approximate surface area is 216 Å². The van der Waals surface area contributed by atoms with Crippen LogP contribution in [-0.2, 0) is 14.3 Å². The second-order valence-electron chi connectivity index (χ2n) is 7.45. The summed E-state index contributed by atoms with van der Waals surface area (Å²) in [6.07, 6.45) is 2.46. The van der Waals surface area contributed by atoms with E-state index in [0.717, 1.165) is 24.0 Å². The van der Waals surface area contributed by atoms with Gasteiger partial charge < -0.3 is 14.6 Å². The lowest BCUT2D eigenvalue weighted by Gasteiger charge is -2.25. The number of carbonyl (C=O) groups excluding carboxylic acids is 2. The van der Waals surface area contributed by atoms with Crippen LogP contribution in [0.25, 0.3) is 0 Å². The Kier molecular flexibility index (Phi) is 24.9. The molecule has 0 aliphatic carbocycles. The van der Waals surface area contributed by atoms with Gasteiger partial charge in [-0.25, -0.2) is 0 Å². The van der Waals surface area contributed by atoms with Crippen molar-refractivity contribution >= 4 is 11.9 Å². The highest BCUT2D eigenvalue weighted by Crippen LogP contribution is 2.37. The van der Waals surface area contributed by atoms with Crippen LogP contribution in [0.5, 0.6) is 11.5 Å². The number of methoxy groups -OCH3 is 1. The van der Waals surface area contributed by atoms with Gasteiger partial charge in [-0.3, -0.25) is 9.59 Å². The predicted octanol–water partition coefficient (Wildman–Crippen LogP) is 9.00. The third-order valence-electron chi connectivity index (χ3n) is 5.28. The first-order chi connectivity index (χ1) is 13.8. The molecule has 0 bridgehead atoms. The molecule has 5 heteroatoms. The van der Waals surface area contributed by atoms with Gasteiger partial charge in [-0.05, 0) is 66.5 Å². The second kappa shape index (κ2) is 20.5. The molecule has 0 heterocycles. The average molecular weight is 495 g/mol. The van der Waals surface area contributed by atoms with Crippen LogP contribution in [0.1, 0.15) is 108 Å². The number of phenolic OH excluding ortho intramolecular Hbond substituents is 1. The first-order valence-electron chi connectivity index (χ1n) is 9.99. The van der Waals surface area contributed by atoms with Gasteiger partial charge >= 0.3 is 11.9 Å². The van der Waals surface area contributed by atoms with Crippen LogP contribution in [0.4, 0.5) is 0 Å². The Morgan fingerprint density at radius 2 is 1.26 bits per heavy atom. The maximum atomic E-state index is 12.0.